The van der Waals surface area contributed by atoms with E-state index in [1.54, 1.807) is 12.1 Å². The second-order valence-electron chi connectivity index (χ2n) is 4.67. The fourth-order valence-electron chi connectivity index (χ4n) is 1.77. The minimum atomic E-state index is -0.212. The minimum absolute atomic E-state index is 0.0683. The Morgan fingerprint density at radius 2 is 1.90 bits per heavy atom. The Labute approximate surface area is 118 Å². The predicted molar refractivity (Wildman–Crippen MR) is 80.9 cm³/mol. The topological polar surface area (TPSA) is 64.3 Å². The molecule has 2 aromatic rings. The van der Waals surface area contributed by atoms with Gasteiger partial charge in [0.2, 0.25) is 0 Å². The number of para-hydroxylation sites is 2. The van der Waals surface area contributed by atoms with Crippen LogP contribution in [0.3, 0.4) is 0 Å². The van der Waals surface area contributed by atoms with Gasteiger partial charge in [-0.2, -0.15) is 0 Å². The number of rotatable bonds is 4. The Morgan fingerprint density at radius 3 is 2.60 bits per heavy atom. The lowest BCUT2D eigenvalue weighted by molar-refractivity contribution is -0.118. The van der Waals surface area contributed by atoms with Crippen molar-refractivity contribution in [3.05, 3.63) is 53.6 Å². The van der Waals surface area contributed by atoms with Crippen LogP contribution in [-0.4, -0.2) is 12.5 Å². The van der Waals surface area contributed by atoms with E-state index in [9.17, 15) is 4.79 Å². The van der Waals surface area contributed by atoms with E-state index in [2.05, 4.69) is 5.32 Å². The summed E-state index contributed by atoms with van der Waals surface area (Å²) in [5.74, 6) is 0.305. The van der Waals surface area contributed by atoms with Gasteiger partial charge in [-0.05, 0) is 49.2 Å². The normalized spacial score (nSPS) is 10.1. The molecule has 0 atom stereocenters. The first kappa shape index (κ1) is 13.9. The van der Waals surface area contributed by atoms with E-state index in [0.29, 0.717) is 11.4 Å². The van der Waals surface area contributed by atoms with Crippen molar-refractivity contribution in [1.29, 1.82) is 0 Å². The first-order valence-corrected chi connectivity index (χ1v) is 6.40. The van der Waals surface area contributed by atoms with Crippen molar-refractivity contribution in [2.75, 3.05) is 17.7 Å². The Morgan fingerprint density at radius 1 is 1.15 bits per heavy atom. The number of hydrogen-bond donors (Lipinski definition) is 2. The summed E-state index contributed by atoms with van der Waals surface area (Å²) in [4.78, 5) is 11.8. The molecule has 0 heterocycles. The average molecular weight is 270 g/mol. The molecule has 0 radical (unpaired) electrons. The number of carbonyl (C=O) groups excluding carboxylic acids is 1. The second kappa shape index (κ2) is 6.10. The molecular formula is C16H18N2O2. The molecule has 0 aliphatic heterocycles. The van der Waals surface area contributed by atoms with Gasteiger partial charge in [0, 0.05) is 5.69 Å². The first-order chi connectivity index (χ1) is 9.56. The molecule has 0 saturated heterocycles. The van der Waals surface area contributed by atoms with Crippen molar-refractivity contribution in [1.82, 2.24) is 0 Å². The van der Waals surface area contributed by atoms with Crippen LogP contribution >= 0.6 is 0 Å². The lowest BCUT2D eigenvalue weighted by atomic mass is 10.1. The lowest BCUT2D eigenvalue weighted by Gasteiger charge is -2.10. The van der Waals surface area contributed by atoms with Gasteiger partial charge < -0.3 is 15.8 Å². The molecule has 0 aliphatic rings. The number of nitrogen functional groups attached to an aromatic ring is 1. The molecule has 104 valence electrons. The summed E-state index contributed by atoms with van der Waals surface area (Å²) in [6, 6.07) is 12.9. The number of ether oxygens (including phenoxy) is 1. The van der Waals surface area contributed by atoms with Crippen molar-refractivity contribution in [2.24, 2.45) is 0 Å². The molecule has 4 heteroatoms. The van der Waals surface area contributed by atoms with Crippen molar-refractivity contribution in [2.45, 2.75) is 13.8 Å². The largest absolute Gasteiger partial charge is 0.482 e. The van der Waals surface area contributed by atoms with E-state index in [1.165, 1.54) is 5.56 Å². The summed E-state index contributed by atoms with van der Waals surface area (Å²) in [5.41, 5.74) is 9.35. The quantitative estimate of drug-likeness (QED) is 0.840. The average Bonchev–Trinajstić information content (AvgIpc) is 2.42. The molecule has 0 aliphatic carbocycles. The van der Waals surface area contributed by atoms with Gasteiger partial charge in [-0.3, -0.25) is 4.79 Å². The maximum Gasteiger partial charge on any atom is 0.262 e. The van der Waals surface area contributed by atoms with Gasteiger partial charge in [0.05, 0.1) is 5.69 Å². The predicted octanol–water partition coefficient (Wildman–Crippen LogP) is 2.90. The molecule has 4 nitrogen and oxygen atoms in total. The van der Waals surface area contributed by atoms with E-state index in [0.717, 1.165) is 11.3 Å². The highest BCUT2D eigenvalue weighted by atomic mass is 16.5. The van der Waals surface area contributed by atoms with Crippen LogP contribution in [-0.2, 0) is 4.79 Å². The first-order valence-electron chi connectivity index (χ1n) is 6.40. The van der Waals surface area contributed by atoms with Crippen LogP contribution in [0.4, 0.5) is 11.4 Å². The molecule has 20 heavy (non-hydrogen) atoms. The Hall–Kier alpha value is -2.49. The third-order valence-corrected chi connectivity index (χ3v) is 3.07. The zero-order valence-corrected chi connectivity index (χ0v) is 11.6. The number of hydrogen-bond acceptors (Lipinski definition) is 3. The molecular weight excluding hydrogens is 252 g/mol. The third-order valence-electron chi connectivity index (χ3n) is 3.07. The van der Waals surface area contributed by atoms with Crippen LogP contribution in [0, 0.1) is 13.8 Å². The molecule has 2 aromatic carbocycles. The molecule has 1 amide bonds. The van der Waals surface area contributed by atoms with Gasteiger partial charge in [0.25, 0.3) is 5.91 Å². The Kier molecular flexibility index (Phi) is 4.25. The fourth-order valence-corrected chi connectivity index (χ4v) is 1.77. The van der Waals surface area contributed by atoms with E-state index < -0.39 is 0 Å². The summed E-state index contributed by atoms with van der Waals surface area (Å²) < 4.78 is 5.39. The van der Waals surface area contributed by atoms with Crippen molar-refractivity contribution >= 4 is 17.3 Å². The molecule has 2 rings (SSSR count). The summed E-state index contributed by atoms with van der Waals surface area (Å²) in [6.45, 7) is 3.97. The monoisotopic (exact) mass is 270 g/mol. The zero-order valence-electron chi connectivity index (χ0n) is 11.6. The molecule has 0 saturated carbocycles. The number of nitrogens with two attached hydrogens (primary N) is 1. The SMILES string of the molecule is Cc1ccc(NC(=O)COc2ccccc2N)cc1C. The van der Waals surface area contributed by atoms with Crippen LogP contribution in [0.5, 0.6) is 5.75 Å². The molecule has 0 fully saturated rings. The van der Waals surface area contributed by atoms with Gasteiger partial charge in [0.15, 0.2) is 6.61 Å². The Balaban J connectivity index is 1.93. The number of nitrogens with one attached hydrogen (secondary N) is 1. The van der Waals surface area contributed by atoms with Gasteiger partial charge >= 0.3 is 0 Å². The molecule has 3 N–H and O–H groups in total. The maximum atomic E-state index is 11.8. The highest BCUT2D eigenvalue weighted by Gasteiger charge is 2.06. The zero-order chi connectivity index (χ0) is 14.5. The summed E-state index contributed by atoms with van der Waals surface area (Å²) in [6.07, 6.45) is 0. The van der Waals surface area contributed by atoms with Crippen molar-refractivity contribution in [3.8, 4) is 5.75 Å². The number of carbonyl (C=O) groups is 1. The summed E-state index contributed by atoms with van der Waals surface area (Å²) in [7, 11) is 0. The highest BCUT2D eigenvalue weighted by molar-refractivity contribution is 5.92. The minimum Gasteiger partial charge on any atom is -0.482 e. The van der Waals surface area contributed by atoms with Gasteiger partial charge in [-0.1, -0.05) is 18.2 Å². The molecule has 0 unspecified atom stereocenters. The Bertz CT molecular complexity index is 624. The van der Waals surface area contributed by atoms with E-state index in [-0.39, 0.29) is 12.5 Å². The van der Waals surface area contributed by atoms with Crippen LogP contribution < -0.4 is 15.8 Å². The number of benzene rings is 2. The molecule has 0 bridgehead atoms. The van der Waals surface area contributed by atoms with Gasteiger partial charge in [-0.15, -0.1) is 0 Å². The van der Waals surface area contributed by atoms with E-state index >= 15 is 0 Å². The van der Waals surface area contributed by atoms with Gasteiger partial charge in [0.1, 0.15) is 5.75 Å². The summed E-state index contributed by atoms with van der Waals surface area (Å²) in [5, 5.41) is 2.79. The highest BCUT2D eigenvalue weighted by Crippen LogP contribution is 2.19. The third kappa shape index (κ3) is 3.51. The van der Waals surface area contributed by atoms with Crippen molar-refractivity contribution < 1.29 is 9.53 Å². The number of amides is 1. The maximum absolute atomic E-state index is 11.8. The standard InChI is InChI=1S/C16H18N2O2/c1-11-7-8-13(9-12(11)2)18-16(19)10-20-15-6-4-3-5-14(15)17/h3-9H,10,17H2,1-2H3,(H,18,19). The smallest absolute Gasteiger partial charge is 0.262 e. The van der Waals surface area contributed by atoms with E-state index in [4.69, 9.17) is 10.5 Å². The fraction of sp³-hybridized carbons (Fsp3) is 0.188. The van der Waals surface area contributed by atoms with Crippen LogP contribution in [0.1, 0.15) is 11.1 Å². The molecule has 0 aromatic heterocycles. The van der Waals surface area contributed by atoms with Crippen LogP contribution in [0.25, 0.3) is 0 Å². The second-order valence-corrected chi connectivity index (χ2v) is 4.67. The van der Waals surface area contributed by atoms with Crippen LogP contribution in [0.2, 0.25) is 0 Å². The van der Waals surface area contributed by atoms with E-state index in [1.807, 2.05) is 44.2 Å². The number of aryl methyl sites for hydroxylation is 2. The van der Waals surface area contributed by atoms with Crippen LogP contribution in [0.15, 0.2) is 42.5 Å². The lowest BCUT2D eigenvalue weighted by Crippen LogP contribution is -2.20. The molecule has 0 spiro atoms. The summed E-state index contributed by atoms with van der Waals surface area (Å²) >= 11 is 0. The number of anilines is 2. The van der Waals surface area contributed by atoms with Gasteiger partial charge in [-0.25, -0.2) is 0 Å². The van der Waals surface area contributed by atoms with Crippen molar-refractivity contribution in [3.63, 3.8) is 0 Å².